The third-order valence-electron chi connectivity index (χ3n) is 3.64. The van der Waals surface area contributed by atoms with Crippen molar-refractivity contribution in [3.8, 4) is 0 Å². The smallest absolute Gasteiger partial charge is 0.242 e. The Morgan fingerprint density at radius 1 is 1.00 bits per heavy atom. The summed E-state index contributed by atoms with van der Waals surface area (Å²) in [6.07, 6.45) is 2.13. The average Bonchev–Trinajstić information content (AvgIpc) is 3.02. The van der Waals surface area contributed by atoms with Gasteiger partial charge in [-0.05, 0) is 29.4 Å². The standard InChI is InChI=1S/C18H18N4OS/c23-17(10-14-12-19-16-9-5-4-8-15(14)16)21-22-18(24)20-11-13-6-2-1-3-7-13/h1-9,12,19H,10-11H2,(H,21,23)(H2,20,22,24). The van der Waals surface area contributed by atoms with Crippen LogP contribution in [0.4, 0.5) is 0 Å². The van der Waals surface area contributed by atoms with Gasteiger partial charge in [0.25, 0.3) is 0 Å². The molecular formula is C18H18N4OS. The molecule has 0 fully saturated rings. The SMILES string of the molecule is O=C(Cc1c[nH]c2ccccc12)NNC(=S)NCc1ccccc1. The molecule has 0 aliphatic carbocycles. The number of para-hydroxylation sites is 1. The Balaban J connectivity index is 1.46. The maximum Gasteiger partial charge on any atom is 0.242 e. The van der Waals surface area contributed by atoms with Crippen LogP contribution in [0.1, 0.15) is 11.1 Å². The van der Waals surface area contributed by atoms with E-state index in [2.05, 4.69) is 21.2 Å². The number of rotatable bonds is 4. The van der Waals surface area contributed by atoms with Gasteiger partial charge in [0.1, 0.15) is 0 Å². The fourth-order valence-corrected chi connectivity index (χ4v) is 2.57. The summed E-state index contributed by atoms with van der Waals surface area (Å²) >= 11 is 5.15. The van der Waals surface area contributed by atoms with E-state index in [1.165, 1.54) is 0 Å². The Hall–Kier alpha value is -2.86. The van der Waals surface area contributed by atoms with Crippen LogP contribution in [-0.2, 0) is 17.8 Å². The van der Waals surface area contributed by atoms with E-state index in [9.17, 15) is 4.79 Å². The van der Waals surface area contributed by atoms with E-state index < -0.39 is 0 Å². The normalized spacial score (nSPS) is 10.3. The maximum atomic E-state index is 12.1. The highest BCUT2D eigenvalue weighted by atomic mass is 32.1. The zero-order chi connectivity index (χ0) is 16.8. The van der Waals surface area contributed by atoms with Crippen molar-refractivity contribution in [2.24, 2.45) is 0 Å². The van der Waals surface area contributed by atoms with Gasteiger partial charge in [-0.2, -0.15) is 0 Å². The van der Waals surface area contributed by atoms with Crippen LogP contribution in [0.15, 0.2) is 60.8 Å². The number of carbonyl (C=O) groups is 1. The van der Waals surface area contributed by atoms with E-state index in [4.69, 9.17) is 12.2 Å². The van der Waals surface area contributed by atoms with Crippen molar-refractivity contribution in [2.75, 3.05) is 0 Å². The first kappa shape index (κ1) is 16.0. The molecule has 0 bridgehead atoms. The monoisotopic (exact) mass is 338 g/mol. The van der Waals surface area contributed by atoms with Crippen molar-refractivity contribution in [3.63, 3.8) is 0 Å². The number of thiocarbonyl (C=S) groups is 1. The van der Waals surface area contributed by atoms with E-state index in [1.54, 1.807) is 0 Å². The third-order valence-corrected chi connectivity index (χ3v) is 3.88. The first-order chi connectivity index (χ1) is 11.7. The summed E-state index contributed by atoms with van der Waals surface area (Å²) in [6, 6.07) is 17.8. The highest BCUT2D eigenvalue weighted by molar-refractivity contribution is 7.80. The Labute approximate surface area is 145 Å². The van der Waals surface area contributed by atoms with E-state index in [0.29, 0.717) is 11.7 Å². The molecule has 3 aromatic rings. The molecule has 1 aromatic heterocycles. The molecule has 1 amide bonds. The van der Waals surface area contributed by atoms with Gasteiger partial charge in [-0.25, -0.2) is 0 Å². The number of nitrogens with one attached hydrogen (secondary N) is 4. The molecule has 0 saturated carbocycles. The largest absolute Gasteiger partial charge is 0.361 e. The molecule has 0 unspecified atom stereocenters. The number of benzene rings is 2. The maximum absolute atomic E-state index is 12.1. The van der Waals surface area contributed by atoms with Crippen molar-refractivity contribution >= 4 is 34.1 Å². The van der Waals surface area contributed by atoms with Crippen LogP contribution in [0.25, 0.3) is 10.9 Å². The number of aromatic nitrogens is 1. The van der Waals surface area contributed by atoms with Gasteiger partial charge in [-0.3, -0.25) is 15.6 Å². The van der Waals surface area contributed by atoms with Gasteiger partial charge in [-0.15, -0.1) is 0 Å². The zero-order valence-electron chi connectivity index (χ0n) is 13.0. The molecule has 0 atom stereocenters. The summed E-state index contributed by atoms with van der Waals surface area (Å²) < 4.78 is 0. The second kappa shape index (κ2) is 7.61. The van der Waals surface area contributed by atoms with Gasteiger partial charge < -0.3 is 10.3 Å². The Morgan fingerprint density at radius 3 is 2.58 bits per heavy atom. The van der Waals surface area contributed by atoms with Crippen LogP contribution < -0.4 is 16.2 Å². The van der Waals surface area contributed by atoms with E-state index in [1.807, 2.05) is 60.8 Å². The fraction of sp³-hybridized carbons (Fsp3) is 0.111. The topological polar surface area (TPSA) is 69.0 Å². The molecule has 5 nitrogen and oxygen atoms in total. The van der Waals surface area contributed by atoms with E-state index >= 15 is 0 Å². The highest BCUT2D eigenvalue weighted by Gasteiger charge is 2.08. The van der Waals surface area contributed by atoms with Gasteiger partial charge in [-0.1, -0.05) is 48.5 Å². The molecule has 3 rings (SSSR count). The lowest BCUT2D eigenvalue weighted by atomic mass is 10.1. The van der Waals surface area contributed by atoms with Crippen molar-refractivity contribution in [1.29, 1.82) is 0 Å². The van der Waals surface area contributed by atoms with Crippen molar-refractivity contribution in [1.82, 2.24) is 21.2 Å². The van der Waals surface area contributed by atoms with Crippen LogP contribution in [-0.4, -0.2) is 16.0 Å². The Kier molecular flexibility index (Phi) is 5.08. The number of H-pyrrole nitrogens is 1. The molecule has 1 heterocycles. The first-order valence-electron chi connectivity index (χ1n) is 7.64. The molecule has 0 aliphatic rings. The quantitative estimate of drug-likeness (QED) is 0.436. The molecule has 6 heteroatoms. The predicted molar refractivity (Wildman–Crippen MR) is 99.2 cm³/mol. The molecular weight excluding hydrogens is 320 g/mol. The average molecular weight is 338 g/mol. The minimum atomic E-state index is -0.149. The molecule has 0 aliphatic heterocycles. The van der Waals surface area contributed by atoms with Gasteiger partial charge >= 0.3 is 0 Å². The number of hydrogen-bond acceptors (Lipinski definition) is 2. The first-order valence-corrected chi connectivity index (χ1v) is 8.05. The van der Waals surface area contributed by atoms with Crippen molar-refractivity contribution in [3.05, 3.63) is 71.9 Å². The highest BCUT2D eigenvalue weighted by Crippen LogP contribution is 2.17. The number of carbonyl (C=O) groups excluding carboxylic acids is 1. The minimum absolute atomic E-state index is 0.149. The zero-order valence-corrected chi connectivity index (χ0v) is 13.8. The second-order valence-electron chi connectivity index (χ2n) is 5.38. The van der Waals surface area contributed by atoms with Gasteiger partial charge in [0.05, 0.1) is 6.42 Å². The molecule has 2 aromatic carbocycles. The minimum Gasteiger partial charge on any atom is -0.361 e. The van der Waals surface area contributed by atoms with Crippen molar-refractivity contribution < 1.29 is 4.79 Å². The predicted octanol–water partition coefficient (Wildman–Crippen LogP) is 2.41. The molecule has 0 radical (unpaired) electrons. The lowest BCUT2D eigenvalue weighted by Gasteiger charge is -2.11. The summed E-state index contributed by atoms with van der Waals surface area (Å²) in [5.74, 6) is -0.149. The number of hydrazine groups is 1. The van der Waals surface area contributed by atoms with E-state index in [0.717, 1.165) is 22.0 Å². The molecule has 0 spiro atoms. The van der Waals surface area contributed by atoms with Crippen LogP contribution in [0, 0.1) is 0 Å². The lowest BCUT2D eigenvalue weighted by molar-refractivity contribution is -0.120. The number of aromatic amines is 1. The van der Waals surface area contributed by atoms with Crippen LogP contribution in [0.3, 0.4) is 0 Å². The second-order valence-corrected chi connectivity index (χ2v) is 5.79. The Morgan fingerprint density at radius 2 is 1.75 bits per heavy atom. The van der Waals surface area contributed by atoms with E-state index in [-0.39, 0.29) is 12.3 Å². The summed E-state index contributed by atoms with van der Waals surface area (Å²) in [5.41, 5.74) is 8.43. The number of hydrogen-bond donors (Lipinski definition) is 4. The summed E-state index contributed by atoms with van der Waals surface area (Å²) in [7, 11) is 0. The summed E-state index contributed by atoms with van der Waals surface area (Å²) in [6.45, 7) is 0.602. The number of fused-ring (bicyclic) bond motifs is 1. The Bertz CT molecular complexity index is 844. The van der Waals surface area contributed by atoms with Crippen LogP contribution >= 0.6 is 12.2 Å². The van der Waals surface area contributed by atoms with Gasteiger partial charge in [0, 0.05) is 23.6 Å². The third kappa shape index (κ3) is 4.11. The lowest BCUT2D eigenvalue weighted by Crippen LogP contribution is -2.47. The summed E-state index contributed by atoms with van der Waals surface area (Å²) in [4.78, 5) is 15.2. The number of amides is 1. The fourth-order valence-electron chi connectivity index (χ4n) is 2.44. The van der Waals surface area contributed by atoms with Gasteiger partial charge in [0.15, 0.2) is 5.11 Å². The van der Waals surface area contributed by atoms with Crippen molar-refractivity contribution in [2.45, 2.75) is 13.0 Å². The molecule has 0 saturated heterocycles. The van der Waals surface area contributed by atoms with Crippen LogP contribution in [0.2, 0.25) is 0 Å². The van der Waals surface area contributed by atoms with Crippen LogP contribution in [0.5, 0.6) is 0 Å². The molecule has 122 valence electrons. The van der Waals surface area contributed by atoms with Gasteiger partial charge in [0.2, 0.25) is 5.91 Å². The summed E-state index contributed by atoms with van der Waals surface area (Å²) in [5, 5.41) is 4.48. The molecule has 24 heavy (non-hydrogen) atoms. The molecule has 4 N–H and O–H groups in total.